The van der Waals surface area contributed by atoms with E-state index in [0.717, 1.165) is 20.5 Å². The van der Waals surface area contributed by atoms with Gasteiger partial charge in [0.1, 0.15) is 17.9 Å². The fourth-order valence-corrected chi connectivity index (χ4v) is 3.72. The molecule has 3 aromatic carbocycles. The van der Waals surface area contributed by atoms with Gasteiger partial charge >= 0.3 is 6.03 Å². The molecule has 1 aliphatic rings. The van der Waals surface area contributed by atoms with E-state index in [4.69, 9.17) is 4.74 Å². The summed E-state index contributed by atoms with van der Waals surface area (Å²) in [5.41, 5.74) is 2.64. The molecule has 0 aromatic heterocycles. The summed E-state index contributed by atoms with van der Waals surface area (Å²) in [6.07, 6.45) is 1.45. The SMILES string of the molecule is Cc1cccc(N2C(=O)NC(=O)/C(=C\c3ccccc3OCc3ccccc3Br)C2=O)c1. The molecule has 1 N–H and O–H groups in total. The molecule has 1 saturated heterocycles. The van der Waals surface area contributed by atoms with Crippen molar-refractivity contribution in [3.63, 3.8) is 0 Å². The van der Waals surface area contributed by atoms with Crippen LogP contribution in [0.3, 0.4) is 0 Å². The van der Waals surface area contributed by atoms with Gasteiger partial charge in [0.25, 0.3) is 11.8 Å². The standard InChI is InChI=1S/C25H19BrN2O4/c1-16-7-6-10-19(13-16)28-24(30)20(23(29)27-25(28)31)14-17-8-3-5-12-22(17)32-15-18-9-2-4-11-21(18)26/h2-14H,15H2,1H3,(H,27,29,31)/b20-14+. The number of urea groups is 1. The molecule has 3 aromatic rings. The number of carbonyl (C=O) groups excluding carboxylic acids is 3. The topological polar surface area (TPSA) is 75.7 Å². The van der Waals surface area contributed by atoms with Crippen LogP contribution in [0.25, 0.3) is 6.08 Å². The quantitative estimate of drug-likeness (QED) is 0.403. The van der Waals surface area contributed by atoms with Gasteiger partial charge in [0.05, 0.1) is 5.69 Å². The minimum absolute atomic E-state index is 0.150. The maximum Gasteiger partial charge on any atom is 0.335 e. The normalized spacial score (nSPS) is 15.1. The molecule has 1 aliphatic heterocycles. The Kier molecular flexibility index (Phi) is 6.18. The zero-order chi connectivity index (χ0) is 22.7. The van der Waals surface area contributed by atoms with Crippen LogP contribution in [0.15, 0.2) is 82.8 Å². The molecule has 0 radical (unpaired) electrons. The smallest absolute Gasteiger partial charge is 0.335 e. The predicted octanol–water partition coefficient (Wildman–Crippen LogP) is 5.00. The van der Waals surface area contributed by atoms with Gasteiger partial charge in [-0.05, 0) is 42.8 Å². The number of rotatable bonds is 5. The lowest BCUT2D eigenvalue weighted by Gasteiger charge is -2.26. The lowest BCUT2D eigenvalue weighted by molar-refractivity contribution is -0.122. The van der Waals surface area contributed by atoms with E-state index < -0.39 is 17.8 Å². The van der Waals surface area contributed by atoms with Gasteiger partial charge in [-0.1, -0.05) is 64.5 Å². The first kappa shape index (κ1) is 21.5. The maximum absolute atomic E-state index is 13.1. The summed E-state index contributed by atoms with van der Waals surface area (Å²) in [6, 6.07) is 21.0. The van der Waals surface area contributed by atoms with Gasteiger partial charge in [-0.15, -0.1) is 0 Å². The Morgan fingerprint density at radius 3 is 2.50 bits per heavy atom. The highest BCUT2D eigenvalue weighted by Gasteiger charge is 2.37. The van der Waals surface area contributed by atoms with Gasteiger partial charge in [-0.25, -0.2) is 9.69 Å². The van der Waals surface area contributed by atoms with E-state index in [1.165, 1.54) is 6.08 Å². The summed E-state index contributed by atoms with van der Waals surface area (Å²) in [5, 5.41) is 2.24. The largest absolute Gasteiger partial charge is 0.488 e. The van der Waals surface area contributed by atoms with Gasteiger partial charge in [0, 0.05) is 15.6 Å². The molecule has 0 saturated carbocycles. The second-order valence-electron chi connectivity index (χ2n) is 7.21. The van der Waals surface area contributed by atoms with Crippen LogP contribution in [0.5, 0.6) is 5.75 Å². The van der Waals surface area contributed by atoms with Crippen LogP contribution < -0.4 is 15.0 Å². The van der Waals surface area contributed by atoms with E-state index in [1.807, 2.05) is 43.3 Å². The molecule has 1 heterocycles. The number of barbiturate groups is 1. The van der Waals surface area contributed by atoms with E-state index in [0.29, 0.717) is 23.6 Å². The third-order valence-electron chi connectivity index (χ3n) is 4.92. The second-order valence-corrected chi connectivity index (χ2v) is 8.07. The Balaban J connectivity index is 1.65. The molecular formula is C25H19BrN2O4. The Morgan fingerprint density at radius 1 is 0.969 bits per heavy atom. The number of ether oxygens (including phenoxy) is 1. The van der Waals surface area contributed by atoms with Crippen LogP contribution in [-0.2, 0) is 16.2 Å². The number of benzene rings is 3. The van der Waals surface area contributed by atoms with Crippen molar-refractivity contribution in [2.75, 3.05) is 4.90 Å². The number of imide groups is 2. The maximum atomic E-state index is 13.1. The first-order chi connectivity index (χ1) is 15.4. The van der Waals surface area contributed by atoms with Gasteiger partial charge in [-0.3, -0.25) is 14.9 Å². The van der Waals surface area contributed by atoms with Crippen LogP contribution in [0, 0.1) is 6.92 Å². The fraction of sp³-hybridized carbons (Fsp3) is 0.0800. The van der Waals surface area contributed by atoms with Crippen LogP contribution in [0.1, 0.15) is 16.7 Å². The number of nitrogens with one attached hydrogen (secondary N) is 1. The summed E-state index contributed by atoms with van der Waals surface area (Å²) in [6.45, 7) is 2.16. The Morgan fingerprint density at radius 2 is 1.72 bits per heavy atom. The minimum Gasteiger partial charge on any atom is -0.488 e. The number of hydrogen-bond acceptors (Lipinski definition) is 4. The molecular weight excluding hydrogens is 472 g/mol. The van der Waals surface area contributed by atoms with Crippen molar-refractivity contribution in [1.82, 2.24) is 5.32 Å². The zero-order valence-electron chi connectivity index (χ0n) is 17.2. The Labute approximate surface area is 193 Å². The van der Waals surface area contributed by atoms with E-state index in [1.54, 1.807) is 36.4 Å². The van der Waals surface area contributed by atoms with E-state index in [-0.39, 0.29) is 5.57 Å². The van der Waals surface area contributed by atoms with Crippen LogP contribution in [-0.4, -0.2) is 17.8 Å². The summed E-state index contributed by atoms with van der Waals surface area (Å²) >= 11 is 3.50. The van der Waals surface area contributed by atoms with E-state index >= 15 is 0 Å². The number of nitrogens with zero attached hydrogens (tertiary/aromatic N) is 1. The zero-order valence-corrected chi connectivity index (χ0v) is 18.8. The number of anilines is 1. The average molecular weight is 491 g/mol. The molecule has 0 aliphatic carbocycles. The summed E-state index contributed by atoms with van der Waals surface area (Å²) in [5.74, 6) is -0.926. The van der Waals surface area contributed by atoms with Crippen molar-refractivity contribution in [3.8, 4) is 5.75 Å². The number of amides is 4. The molecule has 0 bridgehead atoms. The first-order valence-corrected chi connectivity index (χ1v) is 10.7. The molecule has 6 nitrogen and oxygen atoms in total. The molecule has 4 rings (SSSR count). The molecule has 0 spiro atoms. The van der Waals surface area contributed by atoms with Gasteiger partial charge < -0.3 is 4.74 Å². The number of para-hydroxylation sites is 1. The van der Waals surface area contributed by atoms with Crippen LogP contribution in [0.2, 0.25) is 0 Å². The second kappa shape index (κ2) is 9.20. The Hall–Kier alpha value is -3.71. The monoisotopic (exact) mass is 490 g/mol. The number of halogens is 1. The molecule has 32 heavy (non-hydrogen) atoms. The average Bonchev–Trinajstić information content (AvgIpc) is 2.77. The predicted molar refractivity (Wildman–Crippen MR) is 125 cm³/mol. The van der Waals surface area contributed by atoms with Crippen molar-refractivity contribution >= 4 is 45.5 Å². The molecule has 0 unspecified atom stereocenters. The summed E-state index contributed by atoms with van der Waals surface area (Å²) < 4.78 is 6.89. The highest BCUT2D eigenvalue weighted by Crippen LogP contribution is 2.27. The molecule has 4 amide bonds. The van der Waals surface area contributed by atoms with Crippen molar-refractivity contribution in [1.29, 1.82) is 0 Å². The van der Waals surface area contributed by atoms with Gasteiger partial charge in [0.15, 0.2) is 0 Å². The highest BCUT2D eigenvalue weighted by atomic mass is 79.9. The number of aryl methyl sites for hydroxylation is 1. The summed E-state index contributed by atoms with van der Waals surface area (Å²) in [7, 11) is 0. The molecule has 160 valence electrons. The third kappa shape index (κ3) is 4.48. The molecule has 1 fully saturated rings. The lowest BCUT2D eigenvalue weighted by atomic mass is 10.1. The highest BCUT2D eigenvalue weighted by molar-refractivity contribution is 9.10. The van der Waals surface area contributed by atoms with Crippen molar-refractivity contribution < 1.29 is 19.1 Å². The first-order valence-electron chi connectivity index (χ1n) is 9.87. The van der Waals surface area contributed by atoms with Crippen molar-refractivity contribution in [3.05, 3.63) is 99.5 Å². The fourth-order valence-electron chi connectivity index (χ4n) is 3.32. The van der Waals surface area contributed by atoms with E-state index in [2.05, 4.69) is 21.2 Å². The van der Waals surface area contributed by atoms with Gasteiger partial charge in [-0.2, -0.15) is 0 Å². The molecule has 7 heteroatoms. The van der Waals surface area contributed by atoms with Gasteiger partial charge in [0.2, 0.25) is 0 Å². The lowest BCUT2D eigenvalue weighted by Crippen LogP contribution is -2.54. The van der Waals surface area contributed by atoms with E-state index in [9.17, 15) is 14.4 Å². The summed E-state index contributed by atoms with van der Waals surface area (Å²) in [4.78, 5) is 39.0. The van der Waals surface area contributed by atoms with Crippen molar-refractivity contribution in [2.45, 2.75) is 13.5 Å². The molecule has 0 atom stereocenters. The van der Waals surface area contributed by atoms with Crippen LogP contribution >= 0.6 is 15.9 Å². The van der Waals surface area contributed by atoms with Crippen molar-refractivity contribution in [2.24, 2.45) is 0 Å². The minimum atomic E-state index is -0.777. The number of hydrogen-bond donors (Lipinski definition) is 1. The third-order valence-corrected chi connectivity index (χ3v) is 5.70. The van der Waals surface area contributed by atoms with Crippen LogP contribution in [0.4, 0.5) is 10.5 Å². The number of carbonyl (C=O) groups is 3. The Bertz CT molecular complexity index is 1250.